The molecule has 21 heavy (non-hydrogen) atoms. The molecule has 0 N–H and O–H groups in total. The number of hydrogen-bond donors (Lipinski definition) is 0. The quantitative estimate of drug-likeness (QED) is 0.602. The van der Waals surface area contributed by atoms with Gasteiger partial charge in [0.2, 0.25) is 5.75 Å². The second-order valence-corrected chi connectivity index (χ2v) is 4.67. The highest BCUT2D eigenvalue weighted by atomic mass is 79.9. The molecule has 0 aliphatic carbocycles. The van der Waals surface area contributed by atoms with E-state index in [0.717, 1.165) is 0 Å². The smallest absolute Gasteiger partial charge is 0.406 e. The zero-order valence-corrected chi connectivity index (χ0v) is 12.0. The van der Waals surface area contributed by atoms with E-state index in [-0.39, 0.29) is 22.5 Å². The highest BCUT2D eigenvalue weighted by Crippen LogP contribution is 2.30. The molecule has 1 heterocycles. The van der Waals surface area contributed by atoms with Gasteiger partial charge in [-0.15, -0.1) is 0 Å². The van der Waals surface area contributed by atoms with Gasteiger partial charge in [0, 0.05) is 11.6 Å². The maximum Gasteiger partial charge on any atom is 0.406 e. The Kier molecular flexibility index (Phi) is 4.43. The van der Waals surface area contributed by atoms with Crippen LogP contribution in [-0.4, -0.2) is 14.8 Å². The largest absolute Gasteiger partial charge is 0.481 e. The van der Waals surface area contributed by atoms with Gasteiger partial charge in [-0.1, -0.05) is 12.1 Å². The Balaban J connectivity index is 2.23. The van der Waals surface area contributed by atoms with E-state index in [1.54, 1.807) is 6.07 Å². The predicted molar refractivity (Wildman–Crippen MR) is 76.0 cm³/mol. The van der Waals surface area contributed by atoms with E-state index in [1.165, 1.54) is 30.5 Å². The molecule has 0 aliphatic heterocycles. The van der Waals surface area contributed by atoms with E-state index in [4.69, 9.17) is 4.74 Å². The molecule has 8 nitrogen and oxygen atoms in total. The minimum atomic E-state index is -0.655. The molecule has 2 aromatic rings. The molecule has 0 unspecified atom stereocenters. The lowest BCUT2D eigenvalue weighted by Gasteiger charge is -2.07. The van der Waals surface area contributed by atoms with Crippen molar-refractivity contribution in [2.75, 3.05) is 0 Å². The predicted octanol–water partition coefficient (Wildman–Crippen LogP) is 3.24. The molecule has 0 saturated heterocycles. The van der Waals surface area contributed by atoms with Crippen molar-refractivity contribution in [3.05, 3.63) is 66.8 Å². The van der Waals surface area contributed by atoms with Gasteiger partial charge in [0.05, 0.1) is 4.92 Å². The van der Waals surface area contributed by atoms with E-state index in [2.05, 4.69) is 20.9 Å². The van der Waals surface area contributed by atoms with Crippen molar-refractivity contribution in [1.82, 2.24) is 4.98 Å². The molecule has 0 saturated carbocycles. The molecule has 1 aromatic carbocycles. The molecule has 0 aliphatic rings. The van der Waals surface area contributed by atoms with Gasteiger partial charge in [0.25, 0.3) is 5.69 Å². The van der Waals surface area contributed by atoms with Gasteiger partial charge in [-0.05, 0) is 38.0 Å². The van der Waals surface area contributed by atoms with Crippen LogP contribution in [0.25, 0.3) is 0 Å². The Labute approximate surface area is 126 Å². The molecule has 0 amide bonds. The van der Waals surface area contributed by atoms with E-state index in [1.807, 2.05) is 0 Å². The van der Waals surface area contributed by atoms with Crippen LogP contribution in [0.4, 0.5) is 11.5 Å². The van der Waals surface area contributed by atoms with Crippen LogP contribution in [0.5, 0.6) is 5.75 Å². The maximum atomic E-state index is 10.8. The molecule has 108 valence electrons. The molecule has 0 atom stereocenters. The lowest BCUT2D eigenvalue weighted by Crippen LogP contribution is -2.02. The third-order valence-electron chi connectivity index (χ3n) is 2.56. The van der Waals surface area contributed by atoms with Gasteiger partial charge in [-0.25, -0.2) is 0 Å². The van der Waals surface area contributed by atoms with Gasteiger partial charge < -0.3 is 14.9 Å². The van der Waals surface area contributed by atoms with Crippen LogP contribution in [0.15, 0.2) is 41.0 Å². The van der Waals surface area contributed by atoms with Gasteiger partial charge in [0.15, 0.2) is 0 Å². The first-order chi connectivity index (χ1) is 10.0. The Morgan fingerprint density at radius 3 is 2.57 bits per heavy atom. The summed E-state index contributed by atoms with van der Waals surface area (Å²) in [6, 6.07) is 7.40. The second kappa shape index (κ2) is 6.27. The number of halogens is 1. The second-order valence-electron chi connectivity index (χ2n) is 3.88. The number of hydrogen-bond acceptors (Lipinski definition) is 6. The first kappa shape index (κ1) is 14.9. The molecule has 1 aromatic heterocycles. The van der Waals surface area contributed by atoms with Gasteiger partial charge in [0.1, 0.15) is 17.3 Å². The van der Waals surface area contributed by atoms with Gasteiger partial charge in [-0.3, -0.25) is 10.1 Å². The summed E-state index contributed by atoms with van der Waals surface area (Å²) in [4.78, 5) is 24.1. The third kappa shape index (κ3) is 3.31. The minimum absolute atomic E-state index is 0.000839. The van der Waals surface area contributed by atoms with Crippen LogP contribution in [0.2, 0.25) is 0 Å². The van der Waals surface area contributed by atoms with Crippen molar-refractivity contribution < 1.29 is 14.6 Å². The lowest BCUT2D eigenvalue weighted by molar-refractivity contribution is -0.390. The van der Waals surface area contributed by atoms with Crippen molar-refractivity contribution >= 4 is 27.4 Å². The summed E-state index contributed by atoms with van der Waals surface area (Å²) >= 11 is 3.13. The highest BCUT2D eigenvalue weighted by molar-refractivity contribution is 9.10. The summed E-state index contributed by atoms with van der Waals surface area (Å²) in [6.45, 7) is -0.0607. The number of rotatable bonds is 5. The van der Waals surface area contributed by atoms with E-state index < -0.39 is 15.7 Å². The summed E-state index contributed by atoms with van der Waals surface area (Å²) in [6.07, 6.45) is 1.29. The Morgan fingerprint density at radius 1 is 1.14 bits per heavy atom. The minimum Gasteiger partial charge on any atom is -0.481 e. The van der Waals surface area contributed by atoms with Crippen LogP contribution in [-0.2, 0) is 6.61 Å². The first-order valence-electron chi connectivity index (χ1n) is 5.64. The summed E-state index contributed by atoms with van der Waals surface area (Å²) < 4.78 is 5.62. The van der Waals surface area contributed by atoms with Crippen molar-refractivity contribution in [1.29, 1.82) is 0 Å². The summed E-state index contributed by atoms with van der Waals surface area (Å²) in [5.41, 5.74) is 0.402. The van der Waals surface area contributed by atoms with Gasteiger partial charge >= 0.3 is 5.82 Å². The molecule has 0 spiro atoms. The Morgan fingerprint density at radius 2 is 1.90 bits per heavy atom. The summed E-state index contributed by atoms with van der Waals surface area (Å²) in [7, 11) is 0. The number of nitrogens with zero attached hydrogens (tertiary/aromatic N) is 3. The molecule has 0 fully saturated rings. The lowest BCUT2D eigenvalue weighted by atomic mass is 10.2. The topological polar surface area (TPSA) is 108 Å². The van der Waals surface area contributed by atoms with Crippen LogP contribution in [0.1, 0.15) is 5.56 Å². The zero-order chi connectivity index (χ0) is 15.4. The fourth-order valence-electron chi connectivity index (χ4n) is 1.61. The summed E-state index contributed by atoms with van der Waals surface area (Å²) in [5.74, 6) is -0.403. The summed E-state index contributed by atoms with van der Waals surface area (Å²) in [5, 5.41) is 21.6. The maximum absolute atomic E-state index is 10.8. The number of nitro benzene ring substituents is 1. The Hall–Kier alpha value is -2.55. The normalized spacial score (nSPS) is 10.1. The number of pyridine rings is 1. The molecule has 0 radical (unpaired) electrons. The number of ether oxygens (including phenoxy) is 1. The zero-order valence-electron chi connectivity index (χ0n) is 10.4. The average molecular weight is 354 g/mol. The number of benzene rings is 1. The monoisotopic (exact) mass is 353 g/mol. The van der Waals surface area contributed by atoms with Crippen molar-refractivity contribution in [3.8, 4) is 5.75 Å². The fraction of sp³-hybridized carbons (Fsp3) is 0.0833. The van der Waals surface area contributed by atoms with Crippen LogP contribution < -0.4 is 4.74 Å². The fourth-order valence-corrected chi connectivity index (χ4v) is 2.13. The molecule has 2 rings (SSSR count). The van der Waals surface area contributed by atoms with E-state index >= 15 is 0 Å². The van der Waals surface area contributed by atoms with E-state index in [9.17, 15) is 20.2 Å². The van der Waals surface area contributed by atoms with Crippen LogP contribution in [0.3, 0.4) is 0 Å². The van der Waals surface area contributed by atoms with Gasteiger partial charge in [-0.2, -0.15) is 0 Å². The van der Waals surface area contributed by atoms with Crippen molar-refractivity contribution in [3.63, 3.8) is 0 Å². The SMILES string of the molecule is O=[N+]([O-])c1cccc(COc2cccnc2[N+](=O)[O-])c1Br. The molecular weight excluding hydrogens is 346 g/mol. The third-order valence-corrected chi connectivity index (χ3v) is 3.48. The number of nitro groups is 2. The highest BCUT2D eigenvalue weighted by Gasteiger charge is 2.18. The van der Waals surface area contributed by atoms with Crippen LogP contribution in [0, 0.1) is 20.2 Å². The number of aromatic nitrogens is 1. The molecular formula is C12H8BrN3O5. The molecule has 9 heteroatoms. The van der Waals surface area contributed by atoms with Crippen molar-refractivity contribution in [2.45, 2.75) is 6.61 Å². The van der Waals surface area contributed by atoms with Crippen LogP contribution >= 0.6 is 15.9 Å². The first-order valence-corrected chi connectivity index (χ1v) is 6.44. The van der Waals surface area contributed by atoms with E-state index in [0.29, 0.717) is 5.56 Å². The average Bonchev–Trinajstić information content (AvgIpc) is 2.46. The van der Waals surface area contributed by atoms with Crippen molar-refractivity contribution in [2.24, 2.45) is 0 Å². The molecule has 0 bridgehead atoms. The standard InChI is InChI=1S/C12H8BrN3O5/c13-11-8(3-1-4-9(11)15(17)18)7-21-10-5-2-6-14-12(10)16(19)20/h1-6H,7H2. The Bertz CT molecular complexity index is 707.